The lowest BCUT2D eigenvalue weighted by Crippen LogP contribution is -2.15. The second kappa shape index (κ2) is 13.2. The Bertz CT molecular complexity index is 1380. The summed E-state index contributed by atoms with van der Waals surface area (Å²) in [6.07, 6.45) is 7.32. The van der Waals surface area contributed by atoms with Crippen LogP contribution in [-0.4, -0.2) is 11.6 Å². The molecule has 40 heavy (non-hydrogen) atoms. The minimum absolute atomic E-state index is 0.219. The maximum absolute atomic E-state index is 14.7. The Morgan fingerprint density at radius 3 is 2.20 bits per heavy atom. The number of aryl methyl sites for hydroxylation is 1. The van der Waals surface area contributed by atoms with Crippen LogP contribution in [0, 0.1) is 23.3 Å². The van der Waals surface area contributed by atoms with Gasteiger partial charge in [0.2, 0.25) is 0 Å². The normalized spacial score (nSPS) is 16.7. The summed E-state index contributed by atoms with van der Waals surface area (Å²) >= 11 is 0. The average Bonchev–Trinajstić information content (AvgIpc) is 3.37. The second-order valence-electron chi connectivity index (χ2n) is 10.5. The van der Waals surface area contributed by atoms with Crippen molar-refractivity contribution >= 4 is 11.6 Å². The first-order valence-corrected chi connectivity index (χ1v) is 14.0. The van der Waals surface area contributed by atoms with E-state index in [-0.39, 0.29) is 23.1 Å². The molecule has 2 atom stereocenters. The van der Waals surface area contributed by atoms with Crippen LogP contribution in [0.4, 0.5) is 17.6 Å². The minimum atomic E-state index is -1.25. The van der Waals surface area contributed by atoms with Crippen LogP contribution in [0.25, 0.3) is 0 Å². The number of carbonyl (C=O) groups excluding carboxylic acids is 2. The molecular formula is C34H34F4O2. The number of halogens is 4. The van der Waals surface area contributed by atoms with Crippen LogP contribution in [-0.2, 0) is 17.6 Å². The molecule has 6 heteroatoms. The molecule has 0 bridgehead atoms. The van der Waals surface area contributed by atoms with Crippen LogP contribution in [0.1, 0.15) is 96.8 Å². The van der Waals surface area contributed by atoms with Gasteiger partial charge in [-0.15, -0.1) is 0 Å². The molecule has 210 valence electrons. The fourth-order valence-electron chi connectivity index (χ4n) is 5.77. The highest BCUT2D eigenvalue weighted by Crippen LogP contribution is 2.46. The van der Waals surface area contributed by atoms with Crippen molar-refractivity contribution in [1.82, 2.24) is 0 Å². The minimum Gasteiger partial charge on any atom is -0.300 e. The molecule has 3 aromatic carbocycles. The van der Waals surface area contributed by atoms with Gasteiger partial charge in [-0.3, -0.25) is 9.59 Å². The summed E-state index contributed by atoms with van der Waals surface area (Å²) in [6, 6.07) is 12.8. The van der Waals surface area contributed by atoms with E-state index in [1.165, 1.54) is 12.1 Å². The predicted octanol–water partition coefficient (Wildman–Crippen LogP) is 8.97. The van der Waals surface area contributed by atoms with Crippen molar-refractivity contribution in [2.24, 2.45) is 0 Å². The number of unbranched alkanes of at least 4 members (excludes halogenated alkanes) is 2. The Labute approximate surface area is 233 Å². The summed E-state index contributed by atoms with van der Waals surface area (Å²) in [5.74, 6) is -5.38. The molecule has 0 heterocycles. The molecule has 1 aliphatic carbocycles. The molecule has 1 aliphatic rings. The van der Waals surface area contributed by atoms with Crippen LogP contribution in [0.15, 0.2) is 66.2 Å². The van der Waals surface area contributed by atoms with E-state index in [0.29, 0.717) is 44.2 Å². The van der Waals surface area contributed by atoms with Crippen molar-refractivity contribution in [1.29, 1.82) is 0 Å². The van der Waals surface area contributed by atoms with Gasteiger partial charge in [-0.1, -0.05) is 63.1 Å². The molecular weight excluding hydrogens is 516 g/mol. The van der Waals surface area contributed by atoms with Gasteiger partial charge in [-0.05, 0) is 60.1 Å². The summed E-state index contributed by atoms with van der Waals surface area (Å²) < 4.78 is 56.6. The van der Waals surface area contributed by atoms with Gasteiger partial charge in [0.1, 0.15) is 29.1 Å². The molecule has 0 N–H and O–H groups in total. The SMILES string of the molecule is CCCCCC(=O)CCc1cccc(C2CC(c3ccc(F)cc3)C=C2C(=O)c2c(F)cc(F)cc2F)c1CC. The Morgan fingerprint density at radius 2 is 1.55 bits per heavy atom. The summed E-state index contributed by atoms with van der Waals surface area (Å²) in [5.41, 5.74) is 3.10. The van der Waals surface area contributed by atoms with E-state index >= 15 is 0 Å². The third-order valence-corrected chi connectivity index (χ3v) is 7.81. The summed E-state index contributed by atoms with van der Waals surface area (Å²) in [4.78, 5) is 26.1. The van der Waals surface area contributed by atoms with Crippen molar-refractivity contribution in [3.63, 3.8) is 0 Å². The van der Waals surface area contributed by atoms with Crippen molar-refractivity contribution in [2.75, 3.05) is 0 Å². The van der Waals surface area contributed by atoms with Gasteiger partial charge in [0.25, 0.3) is 0 Å². The highest BCUT2D eigenvalue weighted by molar-refractivity contribution is 6.10. The zero-order valence-electron chi connectivity index (χ0n) is 22.9. The van der Waals surface area contributed by atoms with E-state index in [1.807, 2.05) is 25.1 Å². The van der Waals surface area contributed by atoms with Gasteiger partial charge in [-0.2, -0.15) is 0 Å². The lowest BCUT2D eigenvalue weighted by Gasteiger charge is -2.22. The first-order valence-electron chi connectivity index (χ1n) is 14.0. The first kappa shape index (κ1) is 29.4. The Morgan fingerprint density at radius 1 is 0.850 bits per heavy atom. The Hall–Kier alpha value is -3.54. The van der Waals surface area contributed by atoms with Crippen molar-refractivity contribution in [3.05, 3.63) is 117 Å². The van der Waals surface area contributed by atoms with E-state index in [2.05, 4.69) is 6.92 Å². The van der Waals surface area contributed by atoms with Crippen LogP contribution >= 0.6 is 0 Å². The number of benzene rings is 3. The molecule has 0 radical (unpaired) electrons. The summed E-state index contributed by atoms with van der Waals surface area (Å²) in [7, 11) is 0. The maximum Gasteiger partial charge on any atom is 0.195 e. The van der Waals surface area contributed by atoms with Gasteiger partial charge in [0.15, 0.2) is 5.78 Å². The Kier molecular flexibility index (Phi) is 9.72. The summed E-state index contributed by atoms with van der Waals surface area (Å²) in [5, 5.41) is 0. The molecule has 0 fully saturated rings. The molecule has 2 nitrogen and oxygen atoms in total. The zero-order valence-corrected chi connectivity index (χ0v) is 22.9. The lowest BCUT2D eigenvalue weighted by molar-refractivity contribution is -0.119. The predicted molar refractivity (Wildman–Crippen MR) is 149 cm³/mol. The maximum atomic E-state index is 14.7. The molecule has 0 saturated carbocycles. The van der Waals surface area contributed by atoms with Crippen LogP contribution in [0.3, 0.4) is 0 Å². The second-order valence-corrected chi connectivity index (χ2v) is 10.5. The highest BCUT2D eigenvalue weighted by Gasteiger charge is 2.36. The number of carbonyl (C=O) groups is 2. The van der Waals surface area contributed by atoms with Gasteiger partial charge in [0.05, 0.1) is 5.56 Å². The smallest absolute Gasteiger partial charge is 0.195 e. The number of ketones is 2. The van der Waals surface area contributed by atoms with Gasteiger partial charge < -0.3 is 0 Å². The standard InChI is InChI=1S/C34H34F4O2/c1-3-5-6-9-26(39)16-13-22-8-7-10-28(27(22)4-2)29-17-23(21-11-14-24(35)15-12-21)18-30(29)34(40)33-31(37)19-25(36)20-32(33)38/h7-8,10-12,14-15,18-20,23,29H,3-6,9,13,16-17H2,1-2H3. The zero-order chi connectivity index (χ0) is 28.8. The van der Waals surface area contributed by atoms with E-state index < -0.39 is 34.7 Å². The third kappa shape index (κ3) is 6.60. The average molecular weight is 551 g/mol. The van der Waals surface area contributed by atoms with Crippen LogP contribution in [0.2, 0.25) is 0 Å². The van der Waals surface area contributed by atoms with Gasteiger partial charge in [0, 0.05) is 42.4 Å². The largest absolute Gasteiger partial charge is 0.300 e. The number of Topliss-reactive ketones (excluding diaryl/α,β-unsaturated/α-hetero) is 2. The van der Waals surface area contributed by atoms with Gasteiger partial charge >= 0.3 is 0 Å². The Balaban J connectivity index is 1.71. The number of hydrogen-bond donors (Lipinski definition) is 0. The molecule has 3 aromatic rings. The van der Waals surface area contributed by atoms with Crippen molar-refractivity contribution in [2.45, 2.75) is 77.0 Å². The molecule has 0 amide bonds. The van der Waals surface area contributed by atoms with E-state index in [1.54, 1.807) is 18.2 Å². The topological polar surface area (TPSA) is 34.1 Å². The van der Waals surface area contributed by atoms with E-state index in [4.69, 9.17) is 0 Å². The fraction of sp³-hybridized carbons (Fsp3) is 0.353. The monoisotopic (exact) mass is 550 g/mol. The van der Waals surface area contributed by atoms with Crippen LogP contribution in [0.5, 0.6) is 0 Å². The molecule has 0 spiro atoms. The number of allylic oxidation sites excluding steroid dienone is 2. The van der Waals surface area contributed by atoms with E-state index in [0.717, 1.165) is 41.5 Å². The van der Waals surface area contributed by atoms with Crippen molar-refractivity contribution in [3.8, 4) is 0 Å². The molecule has 0 aromatic heterocycles. The summed E-state index contributed by atoms with van der Waals surface area (Å²) in [6.45, 7) is 4.10. The first-order chi connectivity index (χ1) is 19.2. The molecule has 2 unspecified atom stereocenters. The van der Waals surface area contributed by atoms with Gasteiger partial charge in [-0.25, -0.2) is 17.6 Å². The third-order valence-electron chi connectivity index (χ3n) is 7.81. The fourth-order valence-corrected chi connectivity index (χ4v) is 5.77. The quantitative estimate of drug-likeness (QED) is 0.128. The molecule has 0 aliphatic heterocycles. The van der Waals surface area contributed by atoms with E-state index in [9.17, 15) is 27.2 Å². The molecule has 0 saturated heterocycles. The number of rotatable bonds is 12. The number of hydrogen-bond acceptors (Lipinski definition) is 2. The lowest BCUT2D eigenvalue weighted by atomic mass is 9.81. The van der Waals surface area contributed by atoms with Crippen LogP contribution < -0.4 is 0 Å². The van der Waals surface area contributed by atoms with Crippen molar-refractivity contribution < 1.29 is 27.2 Å². The molecule has 4 rings (SSSR count). The highest BCUT2D eigenvalue weighted by atomic mass is 19.1.